The maximum atomic E-state index is 10.9. The molecular formula is C6H14ClNO3S. The second kappa shape index (κ2) is 5.75. The summed E-state index contributed by atoms with van der Waals surface area (Å²) in [6.45, 7) is 1.81. The van der Waals surface area contributed by atoms with Crippen LogP contribution in [0.1, 0.15) is 19.8 Å². The summed E-state index contributed by atoms with van der Waals surface area (Å²) in [6, 6.07) is -0.166. The number of hydrogen-bond donors (Lipinski definition) is 2. The fourth-order valence-corrected chi connectivity index (χ4v) is 1.78. The molecule has 12 heavy (non-hydrogen) atoms. The number of hydrogen-bond acceptors (Lipinski definition) is 3. The molecule has 0 radical (unpaired) electrons. The molecule has 0 heterocycles. The molecule has 0 rings (SSSR count). The van der Waals surface area contributed by atoms with Gasteiger partial charge in [-0.15, -0.1) is 11.6 Å². The summed E-state index contributed by atoms with van der Waals surface area (Å²) in [5, 5.41) is 8.05. The van der Waals surface area contributed by atoms with Gasteiger partial charge < -0.3 is 5.11 Å². The lowest BCUT2D eigenvalue weighted by Gasteiger charge is -2.11. The van der Waals surface area contributed by atoms with Gasteiger partial charge in [-0.25, -0.2) is 13.1 Å². The van der Waals surface area contributed by atoms with E-state index >= 15 is 0 Å². The predicted molar refractivity (Wildman–Crippen MR) is 48.6 cm³/mol. The summed E-state index contributed by atoms with van der Waals surface area (Å²) < 4.78 is 24.1. The number of halogens is 1. The number of nitrogens with one attached hydrogen (secondary N) is 1. The highest BCUT2D eigenvalue weighted by atomic mass is 35.5. The SMILES string of the molecule is CC(CCCO)NS(=O)(=O)CCl. The first-order chi connectivity index (χ1) is 5.52. The van der Waals surface area contributed by atoms with Crippen LogP contribution >= 0.6 is 11.6 Å². The summed E-state index contributed by atoms with van der Waals surface area (Å²) in [7, 11) is -3.32. The smallest absolute Gasteiger partial charge is 0.225 e. The highest BCUT2D eigenvalue weighted by molar-refractivity contribution is 7.90. The second-order valence-electron chi connectivity index (χ2n) is 2.61. The molecule has 0 saturated carbocycles. The fourth-order valence-electron chi connectivity index (χ4n) is 0.794. The lowest BCUT2D eigenvalue weighted by atomic mass is 10.2. The minimum absolute atomic E-state index is 0.0763. The van der Waals surface area contributed by atoms with Crippen molar-refractivity contribution in [3.05, 3.63) is 0 Å². The van der Waals surface area contributed by atoms with Crippen LogP contribution in [0, 0.1) is 0 Å². The Balaban J connectivity index is 3.76. The van der Waals surface area contributed by atoms with Crippen LogP contribution in [-0.2, 0) is 10.0 Å². The van der Waals surface area contributed by atoms with Gasteiger partial charge in [-0.05, 0) is 19.8 Å². The summed E-state index contributed by atoms with van der Waals surface area (Å²) in [6.07, 6.45) is 1.21. The third-order valence-corrected chi connectivity index (χ3v) is 3.23. The summed E-state index contributed by atoms with van der Waals surface area (Å²) in [4.78, 5) is 0. The predicted octanol–water partition coefficient (Wildman–Crippen LogP) is 0.263. The van der Waals surface area contributed by atoms with Gasteiger partial charge >= 0.3 is 0 Å². The van der Waals surface area contributed by atoms with E-state index < -0.39 is 15.2 Å². The van der Waals surface area contributed by atoms with E-state index in [1.54, 1.807) is 6.92 Å². The van der Waals surface area contributed by atoms with E-state index in [0.717, 1.165) is 0 Å². The normalized spacial score (nSPS) is 14.6. The van der Waals surface area contributed by atoms with Crippen LogP contribution in [0.4, 0.5) is 0 Å². The van der Waals surface area contributed by atoms with Crippen LogP contribution < -0.4 is 4.72 Å². The molecule has 0 aliphatic heterocycles. The molecule has 74 valence electrons. The van der Waals surface area contributed by atoms with Crippen LogP contribution in [0.15, 0.2) is 0 Å². The van der Waals surface area contributed by atoms with Gasteiger partial charge in [0.2, 0.25) is 10.0 Å². The average molecular weight is 216 g/mol. The molecule has 0 aliphatic carbocycles. The highest BCUT2D eigenvalue weighted by Crippen LogP contribution is 1.98. The topological polar surface area (TPSA) is 66.4 Å². The zero-order valence-corrected chi connectivity index (χ0v) is 8.53. The fraction of sp³-hybridized carbons (Fsp3) is 1.00. The van der Waals surface area contributed by atoms with Crippen molar-refractivity contribution in [2.24, 2.45) is 0 Å². The van der Waals surface area contributed by atoms with E-state index in [2.05, 4.69) is 4.72 Å². The molecule has 0 fully saturated rings. The van der Waals surface area contributed by atoms with Crippen molar-refractivity contribution >= 4 is 21.6 Å². The van der Waals surface area contributed by atoms with Gasteiger partial charge in [0.1, 0.15) is 5.21 Å². The maximum Gasteiger partial charge on any atom is 0.225 e. The monoisotopic (exact) mass is 215 g/mol. The van der Waals surface area contributed by atoms with Crippen LogP contribution in [0.3, 0.4) is 0 Å². The molecule has 0 aromatic heterocycles. The largest absolute Gasteiger partial charge is 0.396 e. The van der Waals surface area contributed by atoms with Gasteiger partial charge in [-0.2, -0.15) is 0 Å². The Morgan fingerprint density at radius 3 is 2.58 bits per heavy atom. The molecule has 0 saturated heterocycles. The molecule has 1 unspecified atom stereocenters. The number of rotatable bonds is 6. The number of aliphatic hydroxyl groups excluding tert-OH is 1. The third-order valence-electron chi connectivity index (χ3n) is 1.32. The van der Waals surface area contributed by atoms with Crippen molar-refractivity contribution < 1.29 is 13.5 Å². The molecule has 0 spiro atoms. The minimum atomic E-state index is -3.32. The molecule has 0 aromatic rings. The minimum Gasteiger partial charge on any atom is -0.396 e. The van der Waals surface area contributed by atoms with Gasteiger partial charge in [0, 0.05) is 12.6 Å². The van der Waals surface area contributed by atoms with Gasteiger partial charge in [0.15, 0.2) is 0 Å². The molecule has 0 bridgehead atoms. The van der Waals surface area contributed by atoms with Crippen molar-refractivity contribution in [2.75, 3.05) is 11.8 Å². The Hall–Kier alpha value is 0.160. The first-order valence-corrected chi connectivity index (χ1v) is 5.87. The Kier molecular flexibility index (Phi) is 5.82. The zero-order valence-electron chi connectivity index (χ0n) is 6.96. The molecule has 0 amide bonds. The van der Waals surface area contributed by atoms with Crippen LogP contribution in [0.2, 0.25) is 0 Å². The molecular weight excluding hydrogens is 202 g/mol. The van der Waals surface area contributed by atoms with Gasteiger partial charge in [0.25, 0.3) is 0 Å². The Morgan fingerprint density at radius 1 is 1.58 bits per heavy atom. The van der Waals surface area contributed by atoms with E-state index in [0.29, 0.717) is 12.8 Å². The second-order valence-corrected chi connectivity index (χ2v) is 4.95. The van der Waals surface area contributed by atoms with Crippen molar-refractivity contribution in [1.29, 1.82) is 0 Å². The van der Waals surface area contributed by atoms with Gasteiger partial charge in [-0.3, -0.25) is 0 Å². The first-order valence-electron chi connectivity index (χ1n) is 3.68. The number of aliphatic hydroxyl groups is 1. The molecule has 0 aliphatic rings. The van der Waals surface area contributed by atoms with Crippen molar-refractivity contribution in [1.82, 2.24) is 4.72 Å². The molecule has 2 N–H and O–H groups in total. The van der Waals surface area contributed by atoms with Crippen LogP contribution in [0.5, 0.6) is 0 Å². The quantitative estimate of drug-likeness (QED) is 0.625. The summed E-state index contributed by atoms with van der Waals surface area (Å²) >= 11 is 5.17. The van der Waals surface area contributed by atoms with Gasteiger partial charge in [-0.1, -0.05) is 0 Å². The average Bonchev–Trinajstić information content (AvgIpc) is 2.00. The van der Waals surface area contributed by atoms with Crippen molar-refractivity contribution in [3.63, 3.8) is 0 Å². The van der Waals surface area contributed by atoms with E-state index in [1.165, 1.54) is 0 Å². The van der Waals surface area contributed by atoms with E-state index in [-0.39, 0.29) is 12.6 Å². The Morgan fingerprint density at radius 2 is 2.17 bits per heavy atom. The number of sulfonamides is 1. The summed E-state index contributed by atoms with van der Waals surface area (Å²) in [5.41, 5.74) is 0. The maximum absolute atomic E-state index is 10.9. The molecule has 4 nitrogen and oxygen atoms in total. The standard InChI is InChI=1S/C6H14ClNO3S/c1-6(3-2-4-9)8-12(10,11)5-7/h6,8-9H,2-5H2,1H3. The van der Waals surface area contributed by atoms with Crippen LogP contribution in [0.25, 0.3) is 0 Å². The lowest BCUT2D eigenvalue weighted by molar-refractivity contribution is 0.279. The Labute approximate surface area is 78.0 Å². The van der Waals surface area contributed by atoms with E-state index in [9.17, 15) is 8.42 Å². The lowest BCUT2D eigenvalue weighted by Crippen LogP contribution is -2.33. The molecule has 6 heteroatoms. The van der Waals surface area contributed by atoms with Crippen molar-refractivity contribution in [2.45, 2.75) is 25.8 Å². The summed E-state index contributed by atoms with van der Waals surface area (Å²) in [5.74, 6) is 0. The molecule has 0 aromatic carbocycles. The van der Waals surface area contributed by atoms with Crippen molar-refractivity contribution in [3.8, 4) is 0 Å². The zero-order chi connectivity index (χ0) is 9.61. The third kappa shape index (κ3) is 5.77. The van der Waals surface area contributed by atoms with Gasteiger partial charge in [0.05, 0.1) is 0 Å². The van der Waals surface area contributed by atoms with Crippen LogP contribution in [-0.4, -0.2) is 31.4 Å². The Bertz CT molecular complexity index is 205. The molecule has 1 atom stereocenters. The highest BCUT2D eigenvalue weighted by Gasteiger charge is 2.11. The van der Waals surface area contributed by atoms with E-state index in [4.69, 9.17) is 16.7 Å². The van der Waals surface area contributed by atoms with E-state index in [1.807, 2.05) is 0 Å². The number of alkyl halides is 1. The first kappa shape index (κ1) is 12.2.